The number of amides is 1. The van der Waals surface area contributed by atoms with Gasteiger partial charge in [0.15, 0.2) is 0 Å². The number of hydrogen-bond acceptors (Lipinski definition) is 4. The van der Waals surface area contributed by atoms with Gasteiger partial charge >= 0.3 is 0 Å². The fourth-order valence-corrected chi connectivity index (χ4v) is 5.66. The third-order valence-electron chi connectivity index (χ3n) is 7.27. The van der Waals surface area contributed by atoms with Crippen molar-refractivity contribution in [2.24, 2.45) is 0 Å². The number of likely N-dealkylation sites (tertiary alicyclic amines) is 1. The lowest BCUT2D eigenvalue weighted by Gasteiger charge is -2.38. The molecule has 0 aliphatic carbocycles. The van der Waals surface area contributed by atoms with Crippen molar-refractivity contribution in [1.29, 1.82) is 0 Å². The van der Waals surface area contributed by atoms with E-state index in [4.69, 9.17) is 27.9 Å². The van der Waals surface area contributed by atoms with Crippen LogP contribution in [0.3, 0.4) is 0 Å². The SMILES string of the molecule is O=C1N(CCN2CCOCC2)c2cc(Cl)c(Cl)cc2C12CCN(Cc1ccc(F)cc1)CC2. The van der Waals surface area contributed by atoms with Crippen LogP contribution in [0.5, 0.6) is 0 Å². The van der Waals surface area contributed by atoms with E-state index >= 15 is 0 Å². The molecular weight excluding hydrogens is 464 g/mol. The topological polar surface area (TPSA) is 36.0 Å². The lowest BCUT2D eigenvalue weighted by Crippen LogP contribution is -2.50. The Morgan fingerprint density at radius 3 is 2.27 bits per heavy atom. The molecule has 3 aliphatic rings. The molecular formula is C25H28Cl2FN3O2. The van der Waals surface area contributed by atoms with Gasteiger partial charge in [0.1, 0.15) is 5.82 Å². The zero-order valence-corrected chi connectivity index (χ0v) is 20.0. The number of carbonyl (C=O) groups excluding carboxylic acids is 1. The zero-order valence-electron chi connectivity index (χ0n) is 18.5. The van der Waals surface area contributed by atoms with Crippen LogP contribution in [-0.2, 0) is 21.5 Å². The number of piperidine rings is 1. The fraction of sp³-hybridized carbons (Fsp3) is 0.480. The number of anilines is 1. The van der Waals surface area contributed by atoms with E-state index in [1.54, 1.807) is 0 Å². The molecule has 0 saturated carbocycles. The maximum atomic E-state index is 13.9. The Hall–Kier alpha value is -1.70. The Morgan fingerprint density at radius 1 is 0.909 bits per heavy atom. The second kappa shape index (κ2) is 9.51. The summed E-state index contributed by atoms with van der Waals surface area (Å²) in [5.41, 5.74) is 2.42. The summed E-state index contributed by atoms with van der Waals surface area (Å²) in [5, 5.41) is 0.969. The van der Waals surface area contributed by atoms with Gasteiger partial charge in [0.2, 0.25) is 5.91 Å². The van der Waals surface area contributed by atoms with Crippen molar-refractivity contribution in [3.8, 4) is 0 Å². The van der Waals surface area contributed by atoms with E-state index in [0.717, 1.165) is 82.1 Å². The van der Waals surface area contributed by atoms with Crippen LogP contribution < -0.4 is 4.90 Å². The Bertz CT molecular complexity index is 1020. The molecule has 176 valence electrons. The first kappa shape index (κ1) is 23.1. The minimum absolute atomic E-state index is 0.158. The van der Waals surface area contributed by atoms with E-state index in [1.807, 2.05) is 29.2 Å². The van der Waals surface area contributed by atoms with Gasteiger partial charge in [0.05, 0.1) is 28.7 Å². The van der Waals surface area contributed by atoms with Gasteiger partial charge in [0.25, 0.3) is 0 Å². The Kier molecular flexibility index (Phi) is 6.65. The van der Waals surface area contributed by atoms with E-state index in [-0.39, 0.29) is 11.7 Å². The molecule has 2 aromatic rings. The summed E-state index contributed by atoms with van der Waals surface area (Å²) in [4.78, 5) is 20.5. The quantitative estimate of drug-likeness (QED) is 0.622. The van der Waals surface area contributed by atoms with E-state index in [2.05, 4.69) is 9.80 Å². The Balaban J connectivity index is 1.34. The number of carbonyl (C=O) groups is 1. The van der Waals surface area contributed by atoms with Crippen LogP contribution in [0.1, 0.15) is 24.0 Å². The lowest BCUT2D eigenvalue weighted by molar-refractivity contribution is -0.125. The molecule has 0 bridgehead atoms. The van der Waals surface area contributed by atoms with Crippen molar-refractivity contribution in [2.45, 2.75) is 24.8 Å². The van der Waals surface area contributed by atoms with Crippen LogP contribution in [0.2, 0.25) is 10.0 Å². The van der Waals surface area contributed by atoms with Crippen molar-refractivity contribution >= 4 is 34.8 Å². The van der Waals surface area contributed by atoms with Crippen molar-refractivity contribution in [1.82, 2.24) is 9.80 Å². The average molecular weight is 492 g/mol. The predicted octanol–water partition coefficient (Wildman–Crippen LogP) is 4.35. The van der Waals surface area contributed by atoms with E-state index in [9.17, 15) is 9.18 Å². The van der Waals surface area contributed by atoms with Crippen molar-refractivity contribution in [3.05, 3.63) is 63.4 Å². The van der Waals surface area contributed by atoms with E-state index < -0.39 is 5.41 Å². The molecule has 33 heavy (non-hydrogen) atoms. The molecule has 0 unspecified atom stereocenters. The number of fused-ring (bicyclic) bond motifs is 2. The summed E-state index contributed by atoms with van der Waals surface area (Å²) in [6.45, 7) is 7.02. The minimum atomic E-state index is -0.562. The number of halogens is 3. The van der Waals surface area contributed by atoms with Gasteiger partial charge in [-0.2, -0.15) is 0 Å². The molecule has 5 nitrogen and oxygen atoms in total. The third-order valence-corrected chi connectivity index (χ3v) is 7.99. The first-order valence-electron chi connectivity index (χ1n) is 11.5. The molecule has 0 radical (unpaired) electrons. The van der Waals surface area contributed by atoms with Crippen LogP contribution in [0.4, 0.5) is 10.1 Å². The highest BCUT2D eigenvalue weighted by Crippen LogP contribution is 2.50. The lowest BCUT2D eigenvalue weighted by atomic mass is 9.73. The second-order valence-corrected chi connectivity index (χ2v) is 9.99. The monoisotopic (exact) mass is 491 g/mol. The number of ether oxygens (including phenoxy) is 1. The summed E-state index contributed by atoms with van der Waals surface area (Å²) in [5.74, 6) is -0.0669. The first-order chi connectivity index (χ1) is 16.0. The number of rotatable bonds is 5. The van der Waals surface area contributed by atoms with Gasteiger partial charge in [-0.3, -0.25) is 14.6 Å². The van der Waals surface area contributed by atoms with Crippen LogP contribution in [-0.4, -0.2) is 68.2 Å². The van der Waals surface area contributed by atoms with Gasteiger partial charge in [0, 0.05) is 38.4 Å². The van der Waals surface area contributed by atoms with Crippen LogP contribution in [0, 0.1) is 5.82 Å². The molecule has 8 heteroatoms. The smallest absolute Gasteiger partial charge is 0.237 e. The van der Waals surface area contributed by atoms with Gasteiger partial charge in [-0.05, 0) is 61.3 Å². The molecule has 3 aliphatic heterocycles. The average Bonchev–Trinajstić information content (AvgIpc) is 3.03. The van der Waals surface area contributed by atoms with Crippen molar-refractivity contribution in [2.75, 3.05) is 57.4 Å². The molecule has 1 amide bonds. The Labute approximate surface area is 204 Å². The molecule has 1 spiro atoms. The molecule has 2 saturated heterocycles. The first-order valence-corrected chi connectivity index (χ1v) is 12.3. The standard InChI is InChI=1S/C25H28Cl2FN3O2/c26-21-15-20-23(16-22(21)27)31(10-9-29-11-13-33-14-12-29)24(32)25(20)5-7-30(8-6-25)17-18-1-3-19(28)4-2-18/h1-4,15-16H,5-14,17H2. The molecule has 2 aromatic carbocycles. The van der Waals surface area contributed by atoms with E-state index in [1.165, 1.54) is 12.1 Å². The number of morpholine rings is 1. The summed E-state index contributed by atoms with van der Waals surface area (Å²) >= 11 is 12.8. The van der Waals surface area contributed by atoms with Gasteiger partial charge in [-0.25, -0.2) is 4.39 Å². The maximum Gasteiger partial charge on any atom is 0.237 e. The highest BCUT2D eigenvalue weighted by molar-refractivity contribution is 6.42. The van der Waals surface area contributed by atoms with Gasteiger partial charge in [-0.1, -0.05) is 35.3 Å². The fourth-order valence-electron chi connectivity index (χ4n) is 5.34. The molecule has 0 atom stereocenters. The highest BCUT2D eigenvalue weighted by atomic mass is 35.5. The van der Waals surface area contributed by atoms with Crippen LogP contribution >= 0.6 is 23.2 Å². The second-order valence-electron chi connectivity index (χ2n) is 9.18. The number of nitrogens with zero attached hydrogens (tertiary/aromatic N) is 3. The van der Waals surface area contributed by atoms with Crippen molar-refractivity contribution < 1.29 is 13.9 Å². The van der Waals surface area contributed by atoms with Gasteiger partial charge < -0.3 is 9.64 Å². The summed E-state index contributed by atoms with van der Waals surface area (Å²) in [6, 6.07) is 10.4. The molecule has 0 N–H and O–H groups in total. The molecule has 2 fully saturated rings. The normalized spacial score (nSPS) is 21.1. The molecule has 5 rings (SSSR count). The molecule has 3 heterocycles. The number of benzene rings is 2. The summed E-state index contributed by atoms with van der Waals surface area (Å²) < 4.78 is 18.7. The summed E-state index contributed by atoms with van der Waals surface area (Å²) in [6.07, 6.45) is 1.46. The minimum Gasteiger partial charge on any atom is -0.379 e. The van der Waals surface area contributed by atoms with Crippen LogP contribution in [0.25, 0.3) is 0 Å². The maximum absolute atomic E-state index is 13.9. The Morgan fingerprint density at radius 2 is 1.58 bits per heavy atom. The molecule has 0 aromatic heterocycles. The predicted molar refractivity (Wildman–Crippen MR) is 129 cm³/mol. The van der Waals surface area contributed by atoms with Crippen molar-refractivity contribution in [3.63, 3.8) is 0 Å². The third kappa shape index (κ3) is 4.52. The van der Waals surface area contributed by atoms with E-state index in [0.29, 0.717) is 16.6 Å². The van der Waals surface area contributed by atoms with Gasteiger partial charge in [-0.15, -0.1) is 0 Å². The number of hydrogen-bond donors (Lipinski definition) is 0. The zero-order chi connectivity index (χ0) is 23.0. The summed E-state index contributed by atoms with van der Waals surface area (Å²) in [7, 11) is 0. The van der Waals surface area contributed by atoms with Crippen LogP contribution in [0.15, 0.2) is 36.4 Å². The highest BCUT2D eigenvalue weighted by Gasteiger charge is 2.52. The largest absolute Gasteiger partial charge is 0.379 e.